The van der Waals surface area contributed by atoms with Gasteiger partial charge >= 0.3 is 0 Å². The molecule has 1 saturated heterocycles. The molecule has 102 valence electrons. The van der Waals surface area contributed by atoms with Crippen LogP contribution in [0.1, 0.15) is 41.1 Å². The number of aryl methyl sites for hydroxylation is 1. The summed E-state index contributed by atoms with van der Waals surface area (Å²) in [7, 11) is 0. The number of nitrogens with zero attached hydrogens (tertiary/aromatic N) is 1. The highest BCUT2D eigenvalue weighted by atomic mass is 32.2. The molecule has 1 aromatic rings. The Morgan fingerprint density at radius 1 is 1.33 bits per heavy atom. The van der Waals surface area contributed by atoms with Gasteiger partial charge in [-0.1, -0.05) is 13.8 Å². The molecule has 2 unspecified atom stereocenters. The Balaban J connectivity index is 2.02. The largest absolute Gasteiger partial charge is 0.312 e. The fourth-order valence-corrected chi connectivity index (χ4v) is 6.21. The van der Waals surface area contributed by atoms with E-state index >= 15 is 0 Å². The van der Waals surface area contributed by atoms with Crippen LogP contribution in [0.25, 0.3) is 0 Å². The molecule has 0 aliphatic carbocycles. The molecule has 5 heteroatoms. The van der Waals surface area contributed by atoms with E-state index in [1.807, 2.05) is 11.3 Å². The highest BCUT2D eigenvalue weighted by molar-refractivity contribution is 8.06. The van der Waals surface area contributed by atoms with E-state index in [0.717, 1.165) is 13.1 Å². The van der Waals surface area contributed by atoms with Crippen molar-refractivity contribution in [3.63, 3.8) is 0 Å². The van der Waals surface area contributed by atoms with Crippen LogP contribution in [-0.4, -0.2) is 28.3 Å². The molecule has 1 aliphatic heterocycles. The first-order valence-corrected chi connectivity index (χ1v) is 9.54. The Bertz CT molecular complexity index is 378. The lowest BCUT2D eigenvalue weighted by Crippen LogP contribution is -2.15. The first-order valence-electron chi connectivity index (χ1n) is 6.62. The van der Waals surface area contributed by atoms with E-state index in [-0.39, 0.29) is 0 Å². The second kappa shape index (κ2) is 7.17. The van der Waals surface area contributed by atoms with Gasteiger partial charge in [0.1, 0.15) is 5.01 Å². The van der Waals surface area contributed by atoms with Crippen LogP contribution < -0.4 is 5.32 Å². The van der Waals surface area contributed by atoms with Crippen molar-refractivity contribution in [3.05, 3.63) is 15.6 Å². The molecule has 0 radical (unpaired) electrons. The number of aromatic nitrogens is 1. The van der Waals surface area contributed by atoms with E-state index in [2.05, 4.69) is 49.6 Å². The van der Waals surface area contributed by atoms with E-state index < -0.39 is 0 Å². The van der Waals surface area contributed by atoms with Crippen molar-refractivity contribution in [2.24, 2.45) is 0 Å². The number of hydrogen-bond acceptors (Lipinski definition) is 5. The molecule has 1 aromatic heterocycles. The predicted octanol–water partition coefficient (Wildman–Crippen LogP) is 3.86. The van der Waals surface area contributed by atoms with Crippen LogP contribution in [0.3, 0.4) is 0 Å². The molecule has 2 heterocycles. The highest BCUT2D eigenvalue weighted by Gasteiger charge is 2.27. The van der Waals surface area contributed by atoms with Crippen LogP contribution >= 0.6 is 34.9 Å². The minimum absolute atomic E-state index is 0.604. The summed E-state index contributed by atoms with van der Waals surface area (Å²) in [6, 6.07) is 0. The van der Waals surface area contributed by atoms with Crippen LogP contribution in [0.2, 0.25) is 0 Å². The average molecular weight is 303 g/mol. The fraction of sp³-hybridized carbons (Fsp3) is 0.769. The molecule has 2 nitrogen and oxygen atoms in total. The smallest absolute Gasteiger partial charge is 0.107 e. The van der Waals surface area contributed by atoms with Gasteiger partial charge in [-0.15, -0.1) is 23.1 Å². The highest BCUT2D eigenvalue weighted by Crippen LogP contribution is 2.44. The molecular formula is C13H22N2S3. The van der Waals surface area contributed by atoms with E-state index in [1.54, 1.807) is 0 Å². The maximum absolute atomic E-state index is 4.81. The van der Waals surface area contributed by atoms with E-state index in [0.29, 0.717) is 10.5 Å². The van der Waals surface area contributed by atoms with Crippen molar-refractivity contribution >= 4 is 34.9 Å². The number of thiazole rings is 1. The van der Waals surface area contributed by atoms with Gasteiger partial charge in [0, 0.05) is 28.2 Å². The summed E-state index contributed by atoms with van der Waals surface area (Å²) in [5.41, 5.74) is 1.22. The van der Waals surface area contributed by atoms with Crippen LogP contribution in [0.4, 0.5) is 0 Å². The van der Waals surface area contributed by atoms with Crippen molar-refractivity contribution in [1.29, 1.82) is 0 Å². The first kappa shape index (κ1) is 14.7. The maximum Gasteiger partial charge on any atom is 0.107 e. The molecule has 2 atom stereocenters. The van der Waals surface area contributed by atoms with Crippen LogP contribution in [0.15, 0.2) is 0 Å². The van der Waals surface area contributed by atoms with Crippen LogP contribution in [-0.2, 0) is 6.54 Å². The molecule has 2 rings (SSSR count). The standard InChI is InChI=1S/C13H22N2S3/c1-4-5-14-8-11-9(2)15-13(18-11)12-10(3)16-6-7-17-12/h10,12,14H,4-8H2,1-3H3. The summed E-state index contributed by atoms with van der Waals surface area (Å²) in [5, 5.41) is 6.12. The molecule has 0 spiro atoms. The lowest BCUT2D eigenvalue weighted by atomic mass is 10.3. The zero-order valence-corrected chi connectivity index (χ0v) is 13.8. The summed E-state index contributed by atoms with van der Waals surface area (Å²) in [6.07, 6.45) is 1.19. The SMILES string of the molecule is CCCNCc1sc(C2SCCSC2C)nc1C. The molecule has 1 N–H and O–H groups in total. The van der Waals surface area contributed by atoms with Gasteiger partial charge in [0.15, 0.2) is 0 Å². The van der Waals surface area contributed by atoms with Gasteiger partial charge in [-0.05, 0) is 19.9 Å². The van der Waals surface area contributed by atoms with Crippen molar-refractivity contribution in [2.45, 2.75) is 44.2 Å². The van der Waals surface area contributed by atoms with Crippen molar-refractivity contribution in [3.8, 4) is 0 Å². The molecule has 0 saturated carbocycles. The summed E-state index contributed by atoms with van der Waals surface area (Å²) < 4.78 is 0. The van der Waals surface area contributed by atoms with Crippen molar-refractivity contribution in [1.82, 2.24) is 10.3 Å². The van der Waals surface area contributed by atoms with Crippen LogP contribution in [0, 0.1) is 6.92 Å². The summed E-state index contributed by atoms with van der Waals surface area (Å²) in [6.45, 7) is 8.77. The van der Waals surface area contributed by atoms with Crippen LogP contribution in [0.5, 0.6) is 0 Å². The van der Waals surface area contributed by atoms with Gasteiger partial charge < -0.3 is 5.32 Å². The van der Waals surface area contributed by atoms with Gasteiger partial charge in [-0.2, -0.15) is 11.8 Å². The Hall–Kier alpha value is 0.290. The van der Waals surface area contributed by atoms with E-state index in [4.69, 9.17) is 4.98 Å². The quantitative estimate of drug-likeness (QED) is 0.835. The summed E-state index contributed by atoms with van der Waals surface area (Å²) in [4.78, 5) is 6.23. The lowest BCUT2D eigenvalue weighted by Gasteiger charge is -2.25. The third-order valence-corrected chi connectivity index (χ3v) is 7.54. The molecule has 1 aliphatic rings. The lowest BCUT2D eigenvalue weighted by molar-refractivity contribution is 0.678. The topological polar surface area (TPSA) is 24.9 Å². The third-order valence-electron chi connectivity index (χ3n) is 3.05. The zero-order chi connectivity index (χ0) is 13.0. The van der Waals surface area contributed by atoms with Crippen molar-refractivity contribution in [2.75, 3.05) is 18.1 Å². The molecule has 0 aromatic carbocycles. The zero-order valence-electron chi connectivity index (χ0n) is 11.4. The fourth-order valence-electron chi connectivity index (χ4n) is 2.02. The average Bonchev–Trinajstić information content (AvgIpc) is 2.72. The van der Waals surface area contributed by atoms with Gasteiger partial charge in [-0.25, -0.2) is 4.98 Å². The monoisotopic (exact) mass is 302 g/mol. The molecule has 0 bridgehead atoms. The molecular weight excluding hydrogens is 280 g/mol. The number of hydrogen-bond donors (Lipinski definition) is 1. The van der Waals surface area contributed by atoms with Crippen molar-refractivity contribution < 1.29 is 0 Å². The van der Waals surface area contributed by atoms with Gasteiger partial charge in [-0.3, -0.25) is 0 Å². The second-order valence-corrected chi connectivity index (χ2v) is 8.45. The predicted molar refractivity (Wildman–Crippen MR) is 86.0 cm³/mol. The molecule has 1 fully saturated rings. The minimum Gasteiger partial charge on any atom is -0.312 e. The Labute approximate surface area is 123 Å². The Kier molecular flexibility index (Phi) is 5.86. The Morgan fingerprint density at radius 3 is 2.83 bits per heavy atom. The first-order chi connectivity index (χ1) is 8.72. The van der Waals surface area contributed by atoms with Gasteiger partial charge in [0.2, 0.25) is 0 Å². The molecule has 0 amide bonds. The number of thioether (sulfide) groups is 2. The minimum atomic E-state index is 0.604. The molecule has 18 heavy (non-hydrogen) atoms. The maximum atomic E-state index is 4.81. The van der Waals surface area contributed by atoms with E-state index in [9.17, 15) is 0 Å². The Morgan fingerprint density at radius 2 is 2.11 bits per heavy atom. The number of rotatable bonds is 5. The normalized spacial score (nSPS) is 24.4. The third kappa shape index (κ3) is 3.65. The van der Waals surface area contributed by atoms with E-state index in [1.165, 1.54) is 33.5 Å². The summed E-state index contributed by atoms with van der Waals surface area (Å²) >= 11 is 6.08. The second-order valence-electron chi connectivity index (χ2n) is 4.60. The summed E-state index contributed by atoms with van der Waals surface area (Å²) in [5.74, 6) is 2.55. The van der Waals surface area contributed by atoms with Gasteiger partial charge in [0.05, 0.1) is 10.9 Å². The number of nitrogens with one attached hydrogen (secondary N) is 1. The van der Waals surface area contributed by atoms with Gasteiger partial charge in [0.25, 0.3) is 0 Å².